The van der Waals surface area contributed by atoms with Crippen molar-refractivity contribution < 1.29 is 24.5 Å². The van der Waals surface area contributed by atoms with E-state index in [4.69, 9.17) is 20.9 Å². The molecular weight excluding hydrogens is 376 g/mol. The smallest absolute Gasteiger partial charge is 0.231 e. The summed E-state index contributed by atoms with van der Waals surface area (Å²) in [6, 6.07) is 8.35. The summed E-state index contributed by atoms with van der Waals surface area (Å²) in [6.07, 6.45) is -0.676. The number of amides is 1. The summed E-state index contributed by atoms with van der Waals surface area (Å²) < 4.78 is 10.5. The molecule has 0 heterocycles. The molecule has 0 bridgehead atoms. The zero-order valence-electron chi connectivity index (χ0n) is 17.1. The first-order chi connectivity index (χ1) is 13.6. The number of primary amides is 1. The Bertz CT molecular complexity index is 827. The highest BCUT2D eigenvalue weighted by Crippen LogP contribution is 2.36. The van der Waals surface area contributed by atoms with Gasteiger partial charge in [-0.25, -0.2) is 0 Å². The molecule has 9 N–H and O–H groups in total. The van der Waals surface area contributed by atoms with Crippen LogP contribution in [0.2, 0.25) is 0 Å². The molecule has 0 radical (unpaired) electrons. The summed E-state index contributed by atoms with van der Waals surface area (Å²) in [7, 11) is 3.13. The molecule has 0 spiro atoms. The molecule has 1 atom stereocenters. The van der Waals surface area contributed by atoms with E-state index in [0.29, 0.717) is 22.7 Å². The number of carbonyl (C=O) groups excluding carboxylic acids is 1. The molecule has 1 amide bonds. The Morgan fingerprint density at radius 1 is 1.07 bits per heavy atom. The largest absolute Gasteiger partial charge is 0.508 e. The lowest BCUT2D eigenvalue weighted by molar-refractivity contribution is -0.116. The molecule has 0 fully saturated rings. The standard InChI is InChI=1S/C18H24N2O4.C2H6N2O/c1-10(2)12-8-13(16(22)9-15(12)21)18(19)20-14-6-5-11(23-3)7-17(14)24-4;3-1-2(4)5/h5-10,18,20-22H,19H2,1-4H3;1,3H2,(H2,4,5). The molecule has 160 valence electrons. The second-order valence-electron chi connectivity index (χ2n) is 6.48. The molecule has 9 nitrogen and oxygen atoms in total. The average Bonchev–Trinajstić information content (AvgIpc) is 2.68. The van der Waals surface area contributed by atoms with Gasteiger partial charge in [-0.3, -0.25) is 4.79 Å². The second-order valence-corrected chi connectivity index (χ2v) is 6.48. The predicted molar refractivity (Wildman–Crippen MR) is 112 cm³/mol. The van der Waals surface area contributed by atoms with Crippen LogP contribution in [0, 0.1) is 0 Å². The minimum absolute atomic E-state index is 0.0556. The maximum absolute atomic E-state index is 10.1. The first kappa shape index (κ1) is 23.9. The fourth-order valence-corrected chi connectivity index (χ4v) is 2.49. The van der Waals surface area contributed by atoms with E-state index in [-0.39, 0.29) is 24.0 Å². The topological polar surface area (TPSA) is 166 Å². The molecule has 0 aliphatic rings. The van der Waals surface area contributed by atoms with Crippen molar-refractivity contribution >= 4 is 11.6 Å². The van der Waals surface area contributed by atoms with Gasteiger partial charge in [0.05, 0.1) is 26.5 Å². The van der Waals surface area contributed by atoms with E-state index in [1.807, 2.05) is 13.8 Å². The zero-order chi connectivity index (χ0) is 22.1. The molecule has 9 heteroatoms. The summed E-state index contributed by atoms with van der Waals surface area (Å²) in [5, 5.41) is 23.2. The number of methoxy groups -OCH3 is 2. The predicted octanol–water partition coefficient (Wildman–Crippen LogP) is 1.74. The molecule has 2 rings (SSSR count). The van der Waals surface area contributed by atoms with Crippen LogP contribution in [0.3, 0.4) is 0 Å². The van der Waals surface area contributed by atoms with Crippen LogP contribution in [0.1, 0.15) is 37.1 Å². The van der Waals surface area contributed by atoms with Crippen molar-refractivity contribution in [2.24, 2.45) is 17.2 Å². The Morgan fingerprint density at radius 2 is 1.66 bits per heavy atom. The van der Waals surface area contributed by atoms with Gasteiger partial charge in [0.2, 0.25) is 5.91 Å². The lowest BCUT2D eigenvalue weighted by Crippen LogP contribution is -2.21. The highest BCUT2D eigenvalue weighted by atomic mass is 16.5. The van der Waals surface area contributed by atoms with Crippen molar-refractivity contribution in [1.82, 2.24) is 0 Å². The Morgan fingerprint density at radius 3 is 2.14 bits per heavy atom. The summed E-state index contributed by atoms with van der Waals surface area (Å²) >= 11 is 0. The third kappa shape index (κ3) is 6.74. The first-order valence-electron chi connectivity index (χ1n) is 8.92. The number of nitrogens with two attached hydrogens (primary N) is 3. The SMILES string of the molecule is COc1ccc(NC(N)c2cc(C(C)C)c(O)cc2O)c(OC)c1.NCC(N)=O. The van der Waals surface area contributed by atoms with Gasteiger partial charge in [-0.05, 0) is 29.7 Å². The Hall–Kier alpha value is -3.17. The highest BCUT2D eigenvalue weighted by Gasteiger charge is 2.18. The summed E-state index contributed by atoms with van der Waals surface area (Å²) in [5.41, 5.74) is 17.3. The average molecular weight is 406 g/mol. The molecule has 2 aromatic carbocycles. The van der Waals surface area contributed by atoms with E-state index in [2.05, 4.69) is 11.1 Å². The van der Waals surface area contributed by atoms with E-state index in [0.717, 1.165) is 5.56 Å². The lowest BCUT2D eigenvalue weighted by atomic mass is 9.98. The number of hydrogen-bond donors (Lipinski definition) is 6. The van der Waals surface area contributed by atoms with E-state index < -0.39 is 12.1 Å². The molecule has 1 unspecified atom stereocenters. The van der Waals surface area contributed by atoms with Crippen molar-refractivity contribution in [2.75, 3.05) is 26.1 Å². The van der Waals surface area contributed by atoms with Crippen LogP contribution >= 0.6 is 0 Å². The number of phenolic OH excluding ortho intramolecular Hbond substituents is 2. The normalized spacial score (nSPS) is 11.3. The summed E-state index contributed by atoms with van der Waals surface area (Å²) in [4.78, 5) is 9.47. The molecule has 0 saturated heterocycles. The third-order valence-corrected chi connectivity index (χ3v) is 4.05. The van der Waals surface area contributed by atoms with Crippen molar-refractivity contribution in [2.45, 2.75) is 25.9 Å². The fourth-order valence-electron chi connectivity index (χ4n) is 2.49. The van der Waals surface area contributed by atoms with Gasteiger partial charge in [-0.2, -0.15) is 0 Å². The lowest BCUT2D eigenvalue weighted by Gasteiger charge is -2.21. The Kier molecular flexibility index (Phi) is 9.04. The maximum atomic E-state index is 10.1. The minimum Gasteiger partial charge on any atom is -0.508 e. The van der Waals surface area contributed by atoms with E-state index in [9.17, 15) is 15.0 Å². The van der Waals surface area contributed by atoms with Crippen molar-refractivity contribution in [3.05, 3.63) is 41.5 Å². The number of phenols is 2. The highest BCUT2D eigenvalue weighted by molar-refractivity contribution is 5.75. The number of nitrogens with one attached hydrogen (secondary N) is 1. The minimum atomic E-state index is -0.676. The monoisotopic (exact) mass is 406 g/mol. The Labute approximate surface area is 170 Å². The van der Waals surface area contributed by atoms with Crippen LogP contribution < -0.4 is 32.0 Å². The van der Waals surface area contributed by atoms with Crippen LogP contribution in [0.15, 0.2) is 30.3 Å². The first-order valence-corrected chi connectivity index (χ1v) is 8.92. The number of ether oxygens (including phenoxy) is 2. The van der Waals surface area contributed by atoms with E-state index in [1.165, 1.54) is 6.07 Å². The van der Waals surface area contributed by atoms with Crippen LogP contribution in [0.4, 0.5) is 5.69 Å². The summed E-state index contributed by atoms with van der Waals surface area (Å²) in [6.45, 7) is 3.86. The molecular formula is C20H30N4O5. The summed E-state index contributed by atoms with van der Waals surface area (Å²) in [5.74, 6) is 0.870. The zero-order valence-corrected chi connectivity index (χ0v) is 17.1. The van der Waals surface area contributed by atoms with Gasteiger partial charge in [0, 0.05) is 17.7 Å². The molecule has 0 aromatic heterocycles. The number of carbonyl (C=O) groups is 1. The van der Waals surface area contributed by atoms with E-state index >= 15 is 0 Å². The van der Waals surface area contributed by atoms with Crippen molar-refractivity contribution in [1.29, 1.82) is 0 Å². The van der Waals surface area contributed by atoms with Gasteiger partial charge < -0.3 is 42.2 Å². The van der Waals surface area contributed by atoms with E-state index in [1.54, 1.807) is 38.5 Å². The molecule has 0 aliphatic carbocycles. The van der Waals surface area contributed by atoms with Crippen LogP contribution in [-0.2, 0) is 4.79 Å². The second kappa shape index (κ2) is 11.0. The van der Waals surface area contributed by atoms with Gasteiger partial charge in [-0.1, -0.05) is 13.8 Å². The number of benzene rings is 2. The van der Waals surface area contributed by atoms with Crippen LogP contribution in [-0.4, -0.2) is 36.9 Å². The molecule has 2 aromatic rings. The molecule has 29 heavy (non-hydrogen) atoms. The quantitative estimate of drug-likeness (QED) is 0.378. The van der Waals surface area contributed by atoms with Gasteiger partial charge in [-0.15, -0.1) is 0 Å². The number of anilines is 1. The fraction of sp³-hybridized carbons (Fsp3) is 0.350. The number of aromatic hydroxyl groups is 2. The molecule has 0 saturated carbocycles. The van der Waals surface area contributed by atoms with Crippen LogP contribution in [0.5, 0.6) is 23.0 Å². The van der Waals surface area contributed by atoms with Crippen molar-refractivity contribution in [3.63, 3.8) is 0 Å². The third-order valence-electron chi connectivity index (χ3n) is 4.05. The van der Waals surface area contributed by atoms with Gasteiger partial charge in [0.1, 0.15) is 29.2 Å². The van der Waals surface area contributed by atoms with Crippen LogP contribution in [0.25, 0.3) is 0 Å². The van der Waals surface area contributed by atoms with Gasteiger partial charge >= 0.3 is 0 Å². The van der Waals surface area contributed by atoms with Crippen molar-refractivity contribution in [3.8, 4) is 23.0 Å². The maximum Gasteiger partial charge on any atom is 0.231 e. The molecule has 0 aliphatic heterocycles. The number of hydrogen-bond acceptors (Lipinski definition) is 8. The van der Waals surface area contributed by atoms with Gasteiger partial charge in [0.15, 0.2) is 0 Å². The van der Waals surface area contributed by atoms with Gasteiger partial charge in [0.25, 0.3) is 0 Å². The number of rotatable bonds is 7. The Balaban J connectivity index is 0.000000749.